The van der Waals surface area contributed by atoms with Crippen molar-refractivity contribution in [2.24, 2.45) is 23.7 Å². The highest BCUT2D eigenvalue weighted by molar-refractivity contribution is 6.18. The zero-order valence-electron chi connectivity index (χ0n) is 23.6. The normalized spacial score (nSPS) is 27.4. The van der Waals surface area contributed by atoms with E-state index in [2.05, 4.69) is 127 Å². The van der Waals surface area contributed by atoms with Crippen LogP contribution in [-0.2, 0) is 0 Å². The smallest absolute Gasteiger partial charge is 0.0159 e. The molecule has 4 aromatic rings. The first-order chi connectivity index (χ1) is 20.9. The highest BCUT2D eigenvalue weighted by atomic mass is 14.5. The summed E-state index contributed by atoms with van der Waals surface area (Å²) in [6, 6.07) is 30.1. The lowest BCUT2D eigenvalue weighted by Crippen LogP contribution is -2.28. The van der Waals surface area contributed by atoms with Gasteiger partial charge in [-0.3, -0.25) is 0 Å². The molecular weight excluding hydrogens is 504 g/mol. The van der Waals surface area contributed by atoms with Gasteiger partial charge >= 0.3 is 0 Å². The molecule has 0 amide bonds. The Bertz CT molecular complexity index is 2020. The summed E-state index contributed by atoms with van der Waals surface area (Å²) < 4.78 is 0. The Kier molecular flexibility index (Phi) is 4.72. The number of hydrogen-bond acceptors (Lipinski definition) is 0. The van der Waals surface area contributed by atoms with Crippen molar-refractivity contribution in [3.05, 3.63) is 161 Å². The molecule has 5 unspecified atom stereocenters. The molecular formula is C42H32. The van der Waals surface area contributed by atoms with E-state index in [9.17, 15) is 0 Å². The van der Waals surface area contributed by atoms with Gasteiger partial charge in [-0.15, -0.1) is 0 Å². The second-order valence-electron chi connectivity index (χ2n) is 13.0. The molecule has 0 nitrogen and oxygen atoms in total. The summed E-state index contributed by atoms with van der Waals surface area (Å²) >= 11 is 0. The molecule has 6 aliphatic carbocycles. The van der Waals surface area contributed by atoms with Crippen LogP contribution in [0.3, 0.4) is 0 Å². The minimum atomic E-state index is 0.393. The van der Waals surface area contributed by atoms with Crippen LogP contribution >= 0.6 is 0 Å². The molecule has 42 heavy (non-hydrogen) atoms. The number of benzene rings is 4. The van der Waals surface area contributed by atoms with Gasteiger partial charge < -0.3 is 0 Å². The predicted octanol–water partition coefficient (Wildman–Crippen LogP) is 10.6. The van der Waals surface area contributed by atoms with Crippen LogP contribution in [0.5, 0.6) is 0 Å². The summed E-state index contributed by atoms with van der Waals surface area (Å²) in [6.07, 6.45) is 23.3. The summed E-state index contributed by atoms with van der Waals surface area (Å²) in [5, 5.41) is 2.93. The second kappa shape index (κ2) is 8.55. The van der Waals surface area contributed by atoms with Gasteiger partial charge in [-0.05, 0) is 97.7 Å². The zero-order valence-corrected chi connectivity index (χ0v) is 23.6. The molecule has 0 heterocycles. The maximum absolute atomic E-state index is 2.60. The molecule has 1 fully saturated rings. The molecule has 0 aliphatic heterocycles. The summed E-state index contributed by atoms with van der Waals surface area (Å²) in [6.45, 7) is 0. The first-order valence-electron chi connectivity index (χ1n) is 15.8. The van der Waals surface area contributed by atoms with E-state index < -0.39 is 0 Å². The lowest BCUT2D eigenvalue weighted by atomic mass is 9.62. The standard InChI is InChI=1S/C42H32/c1-3-12-26(13-4-1)37-35-24-34-29-19-8-7-18-28(29)30-20-11-23-33(39(30)34)40(35)38(27-14-5-2-6-15-27)42-32-22-10-17-25-16-9-21-31(36(25)32)41(37)42/h1,3-5,7-14,16-25,27,36,38,42H,2,6,15H2. The van der Waals surface area contributed by atoms with E-state index >= 15 is 0 Å². The topological polar surface area (TPSA) is 0 Å². The van der Waals surface area contributed by atoms with Crippen molar-refractivity contribution in [3.63, 3.8) is 0 Å². The van der Waals surface area contributed by atoms with Crippen LogP contribution in [0, 0.1) is 23.7 Å². The van der Waals surface area contributed by atoms with Gasteiger partial charge in [0.15, 0.2) is 0 Å². The third kappa shape index (κ3) is 2.93. The molecule has 200 valence electrons. The number of rotatable bonds is 2. The predicted molar refractivity (Wildman–Crippen MR) is 175 cm³/mol. The van der Waals surface area contributed by atoms with Crippen molar-refractivity contribution >= 4 is 16.3 Å². The van der Waals surface area contributed by atoms with Crippen molar-refractivity contribution < 1.29 is 0 Å². The van der Waals surface area contributed by atoms with E-state index in [0.29, 0.717) is 29.6 Å². The Labute approximate surface area is 247 Å². The first kappa shape index (κ1) is 23.2. The lowest BCUT2D eigenvalue weighted by Gasteiger charge is -2.41. The highest BCUT2D eigenvalue weighted by Gasteiger charge is 2.52. The van der Waals surface area contributed by atoms with Gasteiger partial charge in [0.1, 0.15) is 0 Å². The SMILES string of the molecule is C1=CC2C=CC=C3C2C(=C1)C1=C(c2ccccc2)c2cc4c5c(cccc5c2C(C2C=CCCC2)C31)-c1ccccc1-4. The van der Waals surface area contributed by atoms with Crippen LogP contribution in [0.1, 0.15) is 41.9 Å². The van der Waals surface area contributed by atoms with Gasteiger partial charge in [-0.2, -0.15) is 0 Å². The average Bonchev–Trinajstić information content (AvgIpc) is 3.56. The van der Waals surface area contributed by atoms with Crippen LogP contribution in [0.4, 0.5) is 0 Å². The van der Waals surface area contributed by atoms with E-state index in [0.717, 1.165) is 0 Å². The first-order valence-corrected chi connectivity index (χ1v) is 15.8. The van der Waals surface area contributed by atoms with Crippen molar-refractivity contribution in [3.8, 4) is 22.3 Å². The Morgan fingerprint density at radius 3 is 2.26 bits per heavy atom. The molecule has 0 spiro atoms. The van der Waals surface area contributed by atoms with Crippen LogP contribution < -0.4 is 0 Å². The largest absolute Gasteiger partial charge is 0.0882 e. The molecule has 0 aromatic heterocycles. The van der Waals surface area contributed by atoms with Crippen molar-refractivity contribution in [2.45, 2.75) is 25.2 Å². The molecule has 6 aliphatic rings. The Morgan fingerprint density at radius 2 is 1.43 bits per heavy atom. The van der Waals surface area contributed by atoms with E-state index in [-0.39, 0.29) is 0 Å². The number of fused-ring (bicyclic) bond motifs is 8. The van der Waals surface area contributed by atoms with E-state index in [1.54, 1.807) is 22.3 Å². The molecule has 0 radical (unpaired) electrons. The maximum atomic E-state index is 2.60. The molecule has 0 heteroatoms. The van der Waals surface area contributed by atoms with Gasteiger partial charge in [-0.25, -0.2) is 0 Å². The summed E-state index contributed by atoms with van der Waals surface area (Å²) in [7, 11) is 0. The van der Waals surface area contributed by atoms with Crippen LogP contribution in [0.25, 0.3) is 38.6 Å². The van der Waals surface area contributed by atoms with Gasteiger partial charge in [0.25, 0.3) is 0 Å². The van der Waals surface area contributed by atoms with Crippen molar-refractivity contribution in [2.75, 3.05) is 0 Å². The molecule has 4 aromatic carbocycles. The van der Waals surface area contributed by atoms with Crippen molar-refractivity contribution in [1.82, 2.24) is 0 Å². The van der Waals surface area contributed by atoms with Crippen LogP contribution in [0.15, 0.2) is 144 Å². The summed E-state index contributed by atoms with van der Waals surface area (Å²) in [5.74, 6) is 2.27. The zero-order chi connectivity index (χ0) is 27.4. The maximum Gasteiger partial charge on any atom is 0.0159 e. The Morgan fingerprint density at radius 1 is 0.643 bits per heavy atom. The second-order valence-corrected chi connectivity index (χ2v) is 13.0. The molecule has 5 atom stereocenters. The van der Waals surface area contributed by atoms with Crippen LogP contribution in [0.2, 0.25) is 0 Å². The number of allylic oxidation sites excluding steroid dienone is 11. The molecule has 0 saturated heterocycles. The molecule has 1 saturated carbocycles. The lowest BCUT2D eigenvalue weighted by molar-refractivity contribution is 0.387. The fourth-order valence-electron chi connectivity index (χ4n) is 9.56. The fraction of sp³-hybridized carbons (Fsp3) is 0.190. The van der Waals surface area contributed by atoms with Gasteiger partial charge in [0.05, 0.1) is 0 Å². The Hall–Kier alpha value is -4.42. The van der Waals surface area contributed by atoms with Gasteiger partial charge in [0, 0.05) is 23.7 Å². The third-order valence-electron chi connectivity index (χ3n) is 11.0. The quantitative estimate of drug-likeness (QED) is 0.197. The van der Waals surface area contributed by atoms with Crippen molar-refractivity contribution in [1.29, 1.82) is 0 Å². The molecule has 0 bridgehead atoms. The van der Waals surface area contributed by atoms with Gasteiger partial charge in [-0.1, -0.05) is 127 Å². The number of hydrogen-bond donors (Lipinski definition) is 0. The minimum Gasteiger partial charge on any atom is -0.0882 e. The molecule has 0 N–H and O–H groups in total. The van der Waals surface area contributed by atoms with Crippen LogP contribution in [-0.4, -0.2) is 0 Å². The Balaban J connectivity index is 1.39. The van der Waals surface area contributed by atoms with Gasteiger partial charge in [0.2, 0.25) is 0 Å². The average molecular weight is 537 g/mol. The van der Waals surface area contributed by atoms with E-state index in [1.807, 2.05) is 0 Å². The van der Waals surface area contributed by atoms with E-state index in [4.69, 9.17) is 0 Å². The molecule has 10 rings (SSSR count). The third-order valence-corrected chi connectivity index (χ3v) is 11.0. The summed E-state index contributed by atoms with van der Waals surface area (Å²) in [4.78, 5) is 0. The monoisotopic (exact) mass is 536 g/mol. The minimum absolute atomic E-state index is 0.393. The fourth-order valence-corrected chi connectivity index (χ4v) is 9.56. The highest BCUT2D eigenvalue weighted by Crippen LogP contribution is 2.65. The van der Waals surface area contributed by atoms with E-state index in [1.165, 1.54) is 69.0 Å². The summed E-state index contributed by atoms with van der Waals surface area (Å²) in [5.41, 5.74) is 16.2.